The second kappa shape index (κ2) is 7.93. The third kappa shape index (κ3) is 3.81. The molecule has 0 saturated heterocycles. The Bertz CT molecular complexity index is 909. The van der Waals surface area contributed by atoms with Gasteiger partial charge in [-0.2, -0.15) is 0 Å². The zero-order chi connectivity index (χ0) is 18.5. The van der Waals surface area contributed by atoms with Gasteiger partial charge in [-0.1, -0.05) is 54.1 Å². The quantitative estimate of drug-likeness (QED) is 0.667. The molecule has 3 aromatic carbocycles. The number of rotatable bonds is 5. The number of benzene rings is 3. The third-order valence-corrected chi connectivity index (χ3v) is 4.27. The van der Waals surface area contributed by atoms with Gasteiger partial charge < -0.3 is 14.8 Å². The molecule has 0 heterocycles. The third-order valence-electron chi connectivity index (χ3n) is 3.98. The summed E-state index contributed by atoms with van der Waals surface area (Å²) in [7, 11) is 3.04. The van der Waals surface area contributed by atoms with E-state index in [0.29, 0.717) is 27.8 Å². The minimum absolute atomic E-state index is 0.246. The zero-order valence-electron chi connectivity index (χ0n) is 14.5. The molecule has 0 aromatic heterocycles. The number of carbonyl (C=O) groups excluding carboxylic acids is 1. The van der Waals surface area contributed by atoms with Crippen molar-refractivity contribution < 1.29 is 14.3 Å². The number of nitrogens with one attached hydrogen (secondary N) is 1. The van der Waals surface area contributed by atoms with Crippen LogP contribution in [0.25, 0.3) is 11.1 Å². The molecule has 0 aliphatic carbocycles. The van der Waals surface area contributed by atoms with Crippen molar-refractivity contribution in [1.29, 1.82) is 0 Å². The molecule has 0 unspecified atom stereocenters. The maximum Gasteiger partial charge on any atom is 0.255 e. The normalized spacial score (nSPS) is 10.3. The Kier molecular flexibility index (Phi) is 5.44. The molecule has 132 valence electrons. The molecule has 0 aliphatic heterocycles. The summed E-state index contributed by atoms with van der Waals surface area (Å²) in [5.41, 5.74) is 3.17. The predicted molar refractivity (Wildman–Crippen MR) is 104 cm³/mol. The highest BCUT2D eigenvalue weighted by Crippen LogP contribution is 2.36. The standard InChI is InChI=1S/C21H18ClNO3/c1-25-19-13-20(26-2)18(12-17(19)22)23-21(24)16-10-8-15(9-11-16)14-6-4-3-5-7-14/h3-13H,1-2H3,(H,23,24). The Balaban J connectivity index is 1.81. The van der Waals surface area contributed by atoms with Crippen LogP contribution in [0, 0.1) is 0 Å². The molecule has 1 amide bonds. The number of hydrogen-bond acceptors (Lipinski definition) is 3. The van der Waals surface area contributed by atoms with Gasteiger partial charge in [0.25, 0.3) is 5.91 Å². The molecule has 4 nitrogen and oxygen atoms in total. The van der Waals surface area contributed by atoms with Crippen LogP contribution >= 0.6 is 11.6 Å². The molecule has 1 N–H and O–H groups in total. The second-order valence-electron chi connectivity index (χ2n) is 5.58. The number of halogens is 1. The van der Waals surface area contributed by atoms with E-state index in [2.05, 4.69) is 5.32 Å². The van der Waals surface area contributed by atoms with E-state index in [1.165, 1.54) is 14.2 Å². The lowest BCUT2D eigenvalue weighted by atomic mass is 10.0. The number of methoxy groups -OCH3 is 2. The fraction of sp³-hybridized carbons (Fsp3) is 0.0952. The van der Waals surface area contributed by atoms with Gasteiger partial charge in [-0.05, 0) is 29.3 Å². The largest absolute Gasteiger partial charge is 0.495 e. The van der Waals surface area contributed by atoms with E-state index >= 15 is 0 Å². The molecule has 0 aliphatic rings. The Morgan fingerprint density at radius 1 is 0.846 bits per heavy atom. The molecular weight excluding hydrogens is 350 g/mol. The summed E-state index contributed by atoms with van der Waals surface area (Å²) in [4.78, 5) is 12.6. The lowest BCUT2D eigenvalue weighted by Gasteiger charge is -2.13. The highest BCUT2D eigenvalue weighted by atomic mass is 35.5. The van der Waals surface area contributed by atoms with Crippen molar-refractivity contribution in [3.05, 3.63) is 77.3 Å². The summed E-state index contributed by atoms with van der Waals surface area (Å²) >= 11 is 6.14. The van der Waals surface area contributed by atoms with Crippen LogP contribution in [-0.2, 0) is 0 Å². The van der Waals surface area contributed by atoms with Crippen molar-refractivity contribution in [2.24, 2.45) is 0 Å². The first-order chi connectivity index (χ1) is 12.6. The first kappa shape index (κ1) is 17.8. The van der Waals surface area contributed by atoms with E-state index in [0.717, 1.165) is 11.1 Å². The van der Waals surface area contributed by atoms with Crippen LogP contribution in [-0.4, -0.2) is 20.1 Å². The van der Waals surface area contributed by atoms with Gasteiger partial charge in [0.2, 0.25) is 0 Å². The van der Waals surface area contributed by atoms with Crippen LogP contribution in [0.1, 0.15) is 10.4 Å². The van der Waals surface area contributed by atoms with E-state index in [-0.39, 0.29) is 5.91 Å². The maximum absolute atomic E-state index is 12.6. The lowest BCUT2D eigenvalue weighted by molar-refractivity contribution is 0.102. The van der Waals surface area contributed by atoms with Gasteiger partial charge in [-0.3, -0.25) is 4.79 Å². The van der Waals surface area contributed by atoms with Gasteiger partial charge >= 0.3 is 0 Å². The molecule has 0 saturated carbocycles. The molecular formula is C21H18ClNO3. The van der Waals surface area contributed by atoms with Crippen molar-refractivity contribution in [2.45, 2.75) is 0 Å². The van der Waals surface area contributed by atoms with Crippen molar-refractivity contribution >= 4 is 23.2 Å². The number of ether oxygens (including phenoxy) is 2. The molecule has 0 atom stereocenters. The summed E-state index contributed by atoms with van der Waals surface area (Å²) in [6, 6.07) is 20.6. The van der Waals surface area contributed by atoms with E-state index < -0.39 is 0 Å². The average Bonchev–Trinajstić information content (AvgIpc) is 2.69. The number of amides is 1. The van der Waals surface area contributed by atoms with E-state index in [9.17, 15) is 4.79 Å². The minimum Gasteiger partial charge on any atom is -0.495 e. The zero-order valence-corrected chi connectivity index (χ0v) is 15.2. The molecule has 0 radical (unpaired) electrons. The fourth-order valence-electron chi connectivity index (χ4n) is 2.60. The smallest absolute Gasteiger partial charge is 0.255 e. The number of hydrogen-bond donors (Lipinski definition) is 1. The van der Waals surface area contributed by atoms with E-state index in [1.807, 2.05) is 42.5 Å². The summed E-state index contributed by atoms with van der Waals surface area (Å²) in [5.74, 6) is 0.707. The van der Waals surface area contributed by atoms with Crippen molar-refractivity contribution in [3.8, 4) is 22.6 Å². The monoisotopic (exact) mass is 367 g/mol. The van der Waals surface area contributed by atoms with E-state index in [4.69, 9.17) is 21.1 Å². The molecule has 5 heteroatoms. The van der Waals surface area contributed by atoms with Crippen molar-refractivity contribution in [1.82, 2.24) is 0 Å². The number of anilines is 1. The first-order valence-corrected chi connectivity index (χ1v) is 8.38. The average molecular weight is 368 g/mol. The molecule has 3 rings (SSSR count). The van der Waals surface area contributed by atoms with Crippen LogP contribution in [0.15, 0.2) is 66.7 Å². The Morgan fingerprint density at radius 3 is 2.08 bits per heavy atom. The maximum atomic E-state index is 12.6. The van der Waals surface area contributed by atoms with Gasteiger partial charge in [0.1, 0.15) is 11.5 Å². The summed E-state index contributed by atoms with van der Waals surface area (Å²) in [6.45, 7) is 0. The minimum atomic E-state index is -0.246. The van der Waals surface area contributed by atoms with Crippen molar-refractivity contribution in [3.63, 3.8) is 0 Å². The molecule has 26 heavy (non-hydrogen) atoms. The van der Waals surface area contributed by atoms with Crippen LogP contribution in [0.4, 0.5) is 5.69 Å². The highest BCUT2D eigenvalue weighted by Gasteiger charge is 2.14. The van der Waals surface area contributed by atoms with Gasteiger partial charge in [-0.25, -0.2) is 0 Å². The Morgan fingerprint density at radius 2 is 1.46 bits per heavy atom. The topological polar surface area (TPSA) is 47.6 Å². The summed E-state index contributed by atoms with van der Waals surface area (Å²) in [5, 5.41) is 3.22. The Labute approximate surface area is 157 Å². The second-order valence-corrected chi connectivity index (χ2v) is 5.99. The van der Waals surface area contributed by atoms with Crippen LogP contribution in [0.2, 0.25) is 5.02 Å². The lowest BCUT2D eigenvalue weighted by Crippen LogP contribution is -2.12. The van der Waals surface area contributed by atoms with Gasteiger partial charge in [0.15, 0.2) is 0 Å². The first-order valence-electron chi connectivity index (χ1n) is 8.00. The Hall–Kier alpha value is -2.98. The van der Waals surface area contributed by atoms with Gasteiger partial charge in [0.05, 0.1) is 24.9 Å². The van der Waals surface area contributed by atoms with Gasteiger partial charge in [0, 0.05) is 11.6 Å². The summed E-state index contributed by atoms with van der Waals surface area (Å²) in [6.07, 6.45) is 0. The highest BCUT2D eigenvalue weighted by molar-refractivity contribution is 6.32. The van der Waals surface area contributed by atoms with E-state index in [1.54, 1.807) is 24.3 Å². The van der Waals surface area contributed by atoms with Crippen LogP contribution in [0.5, 0.6) is 11.5 Å². The summed E-state index contributed by atoms with van der Waals surface area (Å²) < 4.78 is 10.5. The van der Waals surface area contributed by atoms with Crippen molar-refractivity contribution in [2.75, 3.05) is 19.5 Å². The number of carbonyl (C=O) groups is 1. The molecule has 0 fully saturated rings. The fourth-order valence-corrected chi connectivity index (χ4v) is 2.84. The molecule has 0 bridgehead atoms. The molecule has 3 aromatic rings. The van der Waals surface area contributed by atoms with Gasteiger partial charge in [-0.15, -0.1) is 0 Å². The SMILES string of the molecule is COc1cc(OC)c(NC(=O)c2ccc(-c3ccccc3)cc2)cc1Cl. The van der Waals surface area contributed by atoms with Crippen LogP contribution < -0.4 is 14.8 Å². The predicted octanol–water partition coefficient (Wildman–Crippen LogP) is 5.28. The van der Waals surface area contributed by atoms with Crippen LogP contribution in [0.3, 0.4) is 0 Å². The molecule has 0 spiro atoms.